The molecule has 0 bridgehead atoms. The molecule has 130 valence electrons. The Bertz CT molecular complexity index is 678. The number of hydrogen-bond donors (Lipinski definition) is 2. The Morgan fingerprint density at radius 2 is 2.17 bits per heavy atom. The van der Waals surface area contributed by atoms with E-state index in [0.717, 1.165) is 31.6 Å². The fourth-order valence-electron chi connectivity index (χ4n) is 2.43. The molecule has 1 aliphatic rings. The molecule has 0 aromatic heterocycles. The average Bonchev–Trinajstić information content (AvgIpc) is 2.94. The summed E-state index contributed by atoms with van der Waals surface area (Å²) >= 11 is 0. The van der Waals surface area contributed by atoms with Crippen LogP contribution in [0.1, 0.15) is 18.4 Å². The minimum absolute atomic E-state index is 0. The van der Waals surface area contributed by atoms with E-state index in [-0.39, 0.29) is 24.5 Å². The molecule has 7 nitrogen and oxygen atoms in total. The van der Waals surface area contributed by atoms with Gasteiger partial charge in [0.15, 0.2) is 0 Å². The van der Waals surface area contributed by atoms with Gasteiger partial charge in [-0.2, -0.15) is 0 Å². The first-order chi connectivity index (χ1) is 10.3. The van der Waals surface area contributed by atoms with Crippen LogP contribution >= 0.6 is 12.4 Å². The Balaban J connectivity index is 0.00000264. The lowest BCUT2D eigenvalue weighted by atomic mass is 10.1. The third kappa shape index (κ3) is 4.84. The molecule has 23 heavy (non-hydrogen) atoms. The molecule has 0 amide bonds. The SMILES string of the molecule is Cc1c(F)cc(S(=O)(=O)NCCC2CCNC2)cc1[N+](=O)[O-].Cl. The van der Waals surface area contributed by atoms with Crippen LogP contribution in [0.15, 0.2) is 17.0 Å². The monoisotopic (exact) mass is 367 g/mol. The van der Waals surface area contributed by atoms with E-state index in [1.54, 1.807) is 0 Å². The Morgan fingerprint density at radius 3 is 2.74 bits per heavy atom. The molecule has 0 aliphatic carbocycles. The van der Waals surface area contributed by atoms with Crippen molar-refractivity contribution >= 4 is 28.1 Å². The fourth-order valence-corrected chi connectivity index (χ4v) is 3.51. The van der Waals surface area contributed by atoms with Gasteiger partial charge in [-0.15, -0.1) is 12.4 Å². The van der Waals surface area contributed by atoms with Crippen molar-refractivity contribution in [2.45, 2.75) is 24.7 Å². The molecular weight excluding hydrogens is 349 g/mol. The lowest BCUT2D eigenvalue weighted by Gasteiger charge is -2.10. The quantitative estimate of drug-likeness (QED) is 0.589. The van der Waals surface area contributed by atoms with Gasteiger partial charge >= 0.3 is 0 Å². The van der Waals surface area contributed by atoms with Crippen molar-refractivity contribution in [1.82, 2.24) is 10.0 Å². The number of benzene rings is 1. The fraction of sp³-hybridized carbons (Fsp3) is 0.538. The molecule has 1 unspecified atom stereocenters. The van der Waals surface area contributed by atoms with E-state index >= 15 is 0 Å². The van der Waals surface area contributed by atoms with E-state index in [2.05, 4.69) is 10.0 Å². The Morgan fingerprint density at radius 1 is 1.48 bits per heavy atom. The van der Waals surface area contributed by atoms with Crippen molar-refractivity contribution in [3.8, 4) is 0 Å². The lowest BCUT2D eigenvalue weighted by molar-refractivity contribution is -0.385. The molecular formula is C13H19ClFN3O4S. The summed E-state index contributed by atoms with van der Waals surface area (Å²) in [7, 11) is -3.96. The number of rotatable bonds is 6. The van der Waals surface area contributed by atoms with Crippen LogP contribution in [0.2, 0.25) is 0 Å². The van der Waals surface area contributed by atoms with Gasteiger partial charge in [-0.25, -0.2) is 17.5 Å². The number of hydrogen-bond acceptors (Lipinski definition) is 5. The molecule has 1 aromatic carbocycles. The van der Waals surface area contributed by atoms with Gasteiger partial charge in [0.1, 0.15) is 5.82 Å². The summed E-state index contributed by atoms with van der Waals surface area (Å²) in [6, 6.07) is 1.69. The first-order valence-electron chi connectivity index (χ1n) is 6.96. The number of halogens is 2. The second kappa shape index (κ2) is 8.00. The first kappa shape index (κ1) is 19.8. The molecule has 1 heterocycles. The molecule has 2 N–H and O–H groups in total. The van der Waals surface area contributed by atoms with Gasteiger partial charge in [-0.05, 0) is 44.8 Å². The van der Waals surface area contributed by atoms with Gasteiger partial charge in [-0.1, -0.05) is 0 Å². The summed E-state index contributed by atoms with van der Waals surface area (Å²) in [4.78, 5) is 9.64. The van der Waals surface area contributed by atoms with E-state index in [4.69, 9.17) is 0 Å². The molecule has 0 spiro atoms. The van der Waals surface area contributed by atoms with Crippen LogP contribution in [0.4, 0.5) is 10.1 Å². The van der Waals surface area contributed by atoms with Crippen molar-refractivity contribution in [3.05, 3.63) is 33.6 Å². The van der Waals surface area contributed by atoms with Crippen molar-refractivity contribution in [1.29, 1.82) is 0 Å². The first-order valence-corrected chi connectivity index (χ1v) is 8.44. The van der Waals surface area contributed by atoms with E-state index < -0.39 is 31.3 Å². The average molecular weight is 368 g/mol. The van der Waals surface area contributed by atoms with E-state index in [0.29, 0.717) is 12.3 Å². The smallest absolute Gasteiger partial charge is 0.276 e. The molecule has 1 fully saturated rings. The number of nitrogens with one attached hydrogen (secondary N) is 2. The normalized spacial score (nSPS) is 17.7. The van der Waals surface area contributed by atoms with Gasteiger partial charge in [0.2, 0.25) is 10.0 Å². The van der Waals surface area contributed by atoms with Crippen molar-refractivity contribution in [2.24, 2.45) is 5.92 Å². The lowest BCUT2D eigenvalue weighted by Crippen LogP contribution is -2.27. The molecule has 0 saturated carbocycles. The number of sulfonamides is 1. The molecule has 1 atom stereocenters. The molecule has 1 aromatic rings. The highest BCUT2D eigenvalue weighted by atomic mass is 35.5. The van der Waals surface area contributed by atoms with Gasteiger partial charge in [0.05, 0.1) is 15.4 Å². The topological polar surface area (TPSA) is 101 Å². The molecule has 1 aliphatic heterocycles. The van der Waals surface area contributed by atoms with Gasteiger partial charge in [0, 0.05) is 12.6 Å². The summed E-state index contributed by atoms with van der Waals surface area (Å²) in [6.45, 7) is 3.24. The van der Waals surface area contributed by atoms with E-state index in [9.17, 15) is 22.9 Å². The zero-order valence-electron chi connectivity index (χ0n) is 12.5. The summed E-state index contributed by atoms with van der Waals surface area (Å²) < 4.78 is 40.3. The highest BCUT2D eigenvalue weighted by molar-refractivity contribution is 7.89. The number of nitro benzene ring substituents is 1. The van der Waals surface area contributed by atoms with Crippen LogP contribution in [0.3, 0.4) is 0 Å². The van der Waals surface area contributed by atoms with Gasteiger partial charge in [-0.3, -0.25) is 10.1 Å². The summed E-state index contributed by atoms with van der Waals surface area (Å²) in [5.74, 6) is -0.499. The van der Waals surface area contributed by atoms with Crippen molar-refractivity contribution in [2.75, 3.05) is 19.6 Å². The predicted molar refractivity (Wildman–Crippen MR) is 85.8 cm³/mol. The van der Waals surface area contributed by atoms with Gasteiger partial charge in [0.25, 0.3) is 5.69 Å². The Labute approximate surface area is 140 Å². The number of nitrogens with zero attached hydrogens (tertiary/aromatic N) is 1. The zero-order valence-corrected chi connectivity index (χ0v) is 14.2. The van der Waals surface area contributed by atoms with Crippen LogP contribution in [0.5, 0.6) is 0 Å². The van der Waals surface area contributed by atoms with Crippen LogP contribution < -0.4 is 10.0 Å². The highest BCUT2D eigenvalue weighted by Crippen LogP contribution is 2.25. The van der Waals surface area contributed by atoms with E-state index in [1.807, 2.05) is 0 Å². The van der Waals surface area contributed by atoms with Crippen molar-refractivity contribution < 1.29 is 17.7 Å². The summed E-state index contributed by atoms with van der Waals surface area (Å²) in [5, 5.41) is 14.0. The second-order valence-corrected chi connectivity index (χ2v) is 7.12. The summed E-state index contributed by atoms with van der Waals surface area (Å²) in [6.07, 6.45) is 1.66. The molecule has 10 heteroatoms. The maximum atomic E-state index is 13.7. The standard InChI is InChI=1S/C13H18FN3O4S.ClH/c1-9-12(14)6-11(7-13(9)17(18)19)22(20,21)16-5-3-10-2-4-15-8-10;/h6-7,10,15-16H,2-5,8H2,1H3;1H. The Hall–Kier alpha value is -1.29. The minimum atomic E-state index is -3.96. The largest absolute Gasteiger partial charge is 0.316 e. The molecule has 1 saturated heterocycles. The zero-order chi connectivity index (χ0) is 16.3. The minimum Gasteiger partial charge on any atom is -0.316 e. The second-order valence-electron chi connectivity index (χ2n) is 5.35. The highest BCUT2D eigenvalue weighted by Gasteiger charge is 2.23. The summed E-state index contributed by atoms with van der Waals surface area (Å²) in [5.41, 5.74) is -0.721. The maximum Gasteiger partial charge on any atom is 0.276 e. The van der Waals surface area contributed by atoms with E-state index in [1.165, 1.54) is 6.92 Å². The number of nitro groups is 1. The van der Waals surface area contributed by atoms with Crippen LogP contribution in [0, 0.1) is 28.8 Å². The van der Waals surface area contributed by atoms with Gasteiger partial charge < -0.3 is 5.32 Å². The third-order valence-electron chi connectivity index (χ3n) is 3.80. The van der Waals surface area contributed by atoms with Crippen LogP contribution in [-0.4, -0.2) is 33.0 Å². The van der Waals surface area contributed by atoms with Crippen LogP contribution in [-0.2, 0) is 10.0 Å². The maximum absolute atomic E-state index is 13.7. The van der Waals surface area contributed by atoms with Crippen molar-refractivity contribution in [3.63, 3.8) is 0 Å². The molecule has 0 radical (unpaired) electrons. The predicted octanol–water partition coefficient (Wildman–Crippen LogP) is 1.74. The molecule has 2 rings (SSSR count). The Kier molecular flexibility index (Phi) is 6.87. The third-order valence-corrected chi connectivity index (χ3v) is 5.24. The van der Waals surface area contributed by atoms with Crippen LogP contribution in [0.25, 0.3) is 0 Å².